The third-order valence-corrected chi connectivity index (χ3v) is 2.94. The lowest BCUT2D eigenvalue weighted by atomic mass is 10.0. The number of aromatic hydroxyl groups is 1. The highest BCUT2D eigenvalue weighted by molar-refractivity contribution is 5.95. The molecule has 5 heteroatoms. The van der Waals surface area contributed by atoms with Crippen molar-refractivity contribution in [2.45, 2.75) is 52.6 Å². The number of nitrogens with zero attached hydrogens (tertiary/aromatic N) is 2. The maximum Gasteiger partial charge on any atom is 0.213 e. The van der Waals surface area contributed by atoms with Gasteiger partial charge in [0.1, 0.15) is 5.75 Å². The van der Waals surface area contributed by atoms with E-state index in [0.717, 1.165) is 5.69 Å². The molecule has 0 heterocycles. The number of anilines is 1. The molecule has 1 aromatic rings. The number of benzene rings is 1. The van der Waals surface area contributed by atoms with Gasteiger partial charge in [0.25, 0.3) is 0 Å². The topological polar surface area (TPSA) is 76.6 Å². The van der Waals surface area contributed by atoms with Gasteiger partial charge >= 0.3 is 0 Å². The number of guanidine groups is 1. The molecule has 0 saturated heterocycles. The second-order valence-corrected chi connectivity index (χ2v) is 6.89. The predicted molar refractivity (Wildman–Crippen MR) is 83.8 cm³/mol. The summed E-state index contributed by atoms with van der Waals surface area (Å²) in [6.07, 6.45) is 0. The number of rotatable bonds is 1. The zero-order valence-corrected chi connectivity index (χ0v) is 13.2. The molecule has 1 rings (SSSR count). The first-order chi connectivity index (χ1) is 8.94. The maximum absolute atomic E-state index is 9.41. The van der Waals surface area contributed by atoms with Gasteiger partial charge in [0.05, 0.1) is 5.54 Å². The average molecular weight is 278 g/mol. The Hall–Kier alpha value is -1.75. The van der Waals surface area contributed by atoms with E-state index in [1.165, 1.54) is 5.01 Å². The molecule has 0 atom stereocenters. The van der Waals surface area contributed by atoms with Crippen molar-refractivity contribution < 1.29 is 5.11 Å². The number of phenols is 1. The van der Waals surface area contributed by atoms with Crippen LogP contribution in [-0.2, 0) is 0 Å². The third-order valence-electron chi connectivity index (χ3n) is 2.94. The second kappa shape index (κ2) is 5.32. The highest BCUT2D eigenvalue weighted by atomic mass is 16.3. The van der Waals surface area contributed by atoms with Crippen LogP contribution in [0.25, 0.3) is 0 Å². The molecule has 0 aliphatic heterocycles. The zero-order chi connectivity index (χ0) is 15.7. The fourth-order valence-electron chi connectivity index (χ4n) is 1.85. The Bertz CT molecular complexity index is 468. The molecule has 20 heavy (non-hydrogen) atoms. The van der Waals surface area contributed by atoms with Crippen LogP contribution in [0.15, 0.2) is 24.3 Å². The van der Waals surface area contributed by atoms with E-state index in [0.29, 0.717) is 0 Å². The molecular weight excluding hydrogens is 252 g/mol. The monoisotopic (exact) mass is 278 g/mol. The van der Waals surface area contributed by atoms with Crippen molar-refractivity contribution in [1.82, 2.24) is 5.01 Å². The molecule has 0 saturated carbocycles. The normalized spacial score (nSPS) is 12.2. The lowest BCUT2D eigenvalue weighted by molar-refractivity contribution is 0.233. The number of phenolic OH excluding ortho intramolecular Hbond substituents is 1. The van der Waals surface area contributed by atoms with Crippen LogP contribution in [-0.4, -0.2) is 27.2 Å². The van der Waals surface area contributed by atoms with Crippen LogP contribution < -0.4 is 10.7 Å². The van der Waals surface area contributed by atoms with Crippen molar-refractivity contribution >= 4 is 11.6 Å². The quantitative estimate of drug-likeness (QED) is 0.319. The van der Waals surface area contributed by atoms with Crippen LogP contribution in [0.2, 0.25) is 0 Å². The van der Waals surface area contributed by atoms with Gasteiger partial charge in [0.15, 0.2) is 0 Å². The fraction of sp³-hybridized carbons (Fsp3) is 0.533. The number of hydrazine groups is 1. The molecule has 4 N–H and O–H groups in total. The van der Waals surface area contributed by atoms with E-state index in [-0.39, 0.29) is 22.8 Å². The zero-order valence-electron chi connectivity index (χ0n) is 13.2. The van der Waals surface area contributed by atoms with Gasteiger partial charge in [-0.15, -0.1) is 0 Å². The number of nitrogens with one attached hydrogen (secondary N) is 1. The van der Waals surface area contributed by atoms with Gasteiger partial charge in [-0.1, -0.05) is 0 Å². The van der Waals surface area contributed by atoms with Crippen LogP contribution in [0.1, 0.15) is 41.5 Å². The van der Waals surface area contributed by atoms with Crippen LogP contribution in [0, 0.1) is 5.41 Å². The molecule has 1 aromatic carbocycles. The Balaban J connectivity index is 3.21. The molecule has 0 aliphatic carbocycles. The molecule has 0 aromatic heterocycles. The minimum Gasteiger partial charge on any atom is -0.508 e. The van der Waals surface area contributed by atoms with Gasteiger partial charge in [-0.25, -0.2) is 5.84 Å². The van der Waals surface area contributed by atoms with Gasteiger partial charge in [0, 0.05) is 11.2 Å². The Morgan fingerprint density at radius 1 is 1.00 bits per heavy atom. The summed E-state index contributed by atoms with van der Waals surface area (Å²) >= 11 is 0. The minimum atomic E-state index is -0.350. The van der Waals surface area contributed by atoms with Crippen LogP contribution >= 0.6 is 0 Å². The van der Waals surface area contributed by atoms with Crippen molar-refractivity contribution in [2.75, 3.05) is 4.90 Å². The molecular formula is C15H26N4O. The Morgan fingerprint density at radius 3 is 1.80 bits per heavy atom. The van der Waals surface area contributed by atoms with Gasteiger partial charge in [0.2, 0.25) is 5.96 Å². The number of hydrogen-bond donors (Lipinski definition) is 3. The van der Waals surface area contributed by atoms with Crippen molar-refractivity contribution in [3.05, 3.63) is 24.3 Å². The van der Waals surface area contributed by atoms with E-state index in [1.54, 1.807) is 24.3 Å². The summed E-state index contributed by atoms with van der Waals surface area (Å²) in [5.41, 5.74) is 0.161. The second-order valence-electron chi connectivity index (χ2n) is 6.89. The summed E-state index contributed by atoms with van der Waals surface area (Å²) in [5.74, 6) is 6.50. The molecule has 0 amide bonds. The first kappa shape index (κ1) is 16.3. The smallest absolute Gasteiger partial charge is 0.213 e. The molecule has 112 valence electrons. The van der Waals surface area contributed by atoms with E-state index in [1.807, 2.05) is 46.4 Å². The SMILES string of the molecule is CC(C)(C)N(N)C(=N)N(c1ccc(O)cc1)C(C)(C)C. The van der Waals surface area contributed by atoms with Gasteiger partial charge < -0.3 is 10.0 Å². The molecule has 0 unspecified atom stereocenters. The summed E-state index contributed by atoms with van der Waals surface area (Å²) in [5, 5.41) is 19.3. The van der Waals surface area contributed by atoms with Gasteiger partial charge in [-0.05, 0) is 65.8 Å². The lowest BCUT2D eigenvalue weighted by Crippen LogP contribution is -2.60. The fourth-order valence-corrected chi connectivity index (χ4v) is 1.85. The molecule has 5 nitrogen and oxygen atoms in total. The van der Waals surface area contributed by atoms with Crippen LogP contribution in [0.5, 0.6) is 5.75 Å². The molecule has 0 bridgehead atoms. The molecule has 0 fully saturated rings. The molecule has 0 aliphatic rings. The number of hydrogen-bond acceptors (Lipinski definition) is 3. The van der Waals surface area contributed by atoms with E-state index < -0.39 is 0 Å². The maximum atomic E-state index is 9.41. The summed E-state index contributed by atoms with van der Waals surface area (Å²) in [6, 6.07) is 6.79. The first-order valence-corrected chi connectivity index (χ1v) is 6.67. The van der Waals surface area contributed by atoms with Crippen molar-refractivity contribution in [2.24, 2.45) is 5.84 Å². The van der Waals surface area contributed by atoms with Gasteiger partial charge in [-0.2, -0.15) is 0 Å². The summed E-state index contributed by atoms with van der Waals surface area (Å²) in [6.45, 7) is 11.9. The van der Waals surface area contributed by atoms with E-state index >= 15 is 0 Å². The highest BCUT2D eigenvalue weighted by Gasteiger charge is 2.32. The Morgan fingerprint density at radius 2 is 1.45 bits per heavy atom. The van der Waals surface area contributed by atoms with E-state index in [9.17, 15) is 5.11 Å². The van der Waals surface area contributed by atoms with Crippen molar-refractivity contribution in [3.63, 3.8) is 0 Å². The Kier molecular flexibility index (Phi) is 4.34. The first-order valence-electron chi connectivity index (χ1n) is 6.67. The summed E-state index contributed by atoms with van der Waals surface area (Å²) < 4.78 is 0. The summed E-state index contributed by atoms with van der Waals surface area (Å²) in [4.78, 5) is 1.84. The van der Waals surface area contributed by atoms with E-state index in [4.69, 9.17) is 11.3 Å². The average Bonchev–Trinajstić information content (AvgIpc) is 2.28. The highest BCUT2D eigenvalue weighted by Crippen LogP contribution is 2.27. The lowest BCUT2D eigenvalue weighted by Gasteiger charge is -2.44. The Labute approximate surface area is 121 Å². The van der Waals surface area contributed by atoms with Gasteiger partial charge in [-0.3, -0.25) is 10.4 Å². The van der Waals surface area contributed by atoms with Crippen LogP contribution in [0.4, 0.5) is 5.69 Å². The largest absolute Gasteiger partial charge is 0.508 e. The third kappa shape index (κ3) is 3.63. The van der Waals surface area contributed by atoms with Crippen molar-refractivity contribution in [3.8, 4) is 5.75 Å². The number of nitrogens with two attached hydrogens (primary N) is 1. The van der Waals surface area contributed by atoms with Crippen molar-refractivity contribution in [1.29, 1.82) is 5.41 Å². The standard InChI is InChI=1S/C15H26N4O/c1-14(2,3)18(11-7-9-12(20)10-8-11)13(16)19(17)15(4,5)6/h7-10,16,20H,17H2,1-6H3. The molecule has 0 spiro atoms. The minimum absolute atomic E-state index is 0.203. The van der Waals surface area contributed by atoms with Crippen LogP contribution in [0.3, 0.4) is 0 Å². The molecule has 0 radical (unpaired) electrons. The summed E-state index contributed by atoms with van der Waals surface area (Å²) in [7, 11) is 0. The van der Waals surface area contributed by atoms with E-state index in [2.05, 4.69) is 0 Å². The predicted octanol–water partition coefficient (Wildman–Crippen LogP) is 2.91.